The topological polar surface area (TPSA) is 131 Å². The Morgan fingerprint density at radius 3 is 2.54 bits per heavy atom. The first kappa shape index (κ1) is 17.2. The van der Waals surface area contributed by atoms with Crippen molar-refractivity contribution < 1.29 is 23.2 Å². The van der Waals surface area contributed by atoms with Crippen molar-refractivity contribution in [3.63, 3.8) is 0 Å². The van der Waals surface area contributed by atoms with Gasteiger partial charge in [0.05, 0.1) is 23.1 Å². The molecule has 0 aliphatic carbocycles. The number of benzene rings is 2. The van der Waals surface area contributed by atoms with E-state index in [1.54, 1.807) is 18.2 Å². The number of methoxy groups -OCH3 is 1. The van der Waals surface area contributed by atoms with Crippen LogP contribution in [0.3, 0.4) is 0 Å². The van der Waals surface area contributed by atoms with Gasteiger partial charge >= 0.3 is 5.69 Å². The number of ether oxygens (including phenoxy) is 1. The number of rotatable bonds is 6. The lowest BCUT2D eigenvalue weighted by atomic mass is 10.2. The van der Waals surface area contributed by atoms with Gasteiger partial charge in [0.1, 0.15) is 0 Å². The van der Waals surface area contributed by atoms with Gasteiger partial charge in [-0.15, -0.1) is 0 Å². The molecule has 24 heavy (non-hydrogen) atoms. The normalized spacial score (nSPS) is 11.4. The van der Waals surface area contributed by atoms with E-state index in [0.717, 1.165) is 12.3 Å². The van der Waals surface area contributed by atoms with E-state index in [4.69, 9.17) is 4.74 Å². The predicted octanol–water partition coefficient (Wildman–Crippen LogP) is 1.62. The molecule has 2 N–H and O–H groups in total. The van der Waals surface area contributed by atoms with Gasteiger partial charge in [-0.1, -0.05) is 18.2 Å². The minimum absolute atomic E-state index is 0.0245. The van der Waals surface area contributed by atoms with E-state index < -0.39 is 26.4 Å². The Labute approximate surface area is 137 Å². The number of hydrazone groups is 1. The zero-order chi connectivity index (χ0) is 17.7. The van der Waals surface area contributed by atoms with Crippen LogP contribution in [-0.2, 0) is 10.0 Å². The molecule has 0 radical (unpaired) electrons. The average Bonchev–Trinajstić information content (AvgIpc) is 2.56. The molecule has 0 unspecified atom stereocenters. The van der Waals surface area contributed by atoms with Crippen LogP contribution in [-0.4, -0.2) is 31.8 Å². The van der Waals surface area contributed by atoms with E-state index >= 15 is 0 Å². The highest BCUT2D eigenvalue weighted by atomic mass is 32.2. The standard InChI is InChI=1S/C14H13N3O6S/c1-23-13-8-10(7-12(14(13)18)17(19)20)9-15-16-24(21,22)11-5-3-2-4-6-11/h2-9,16,18H,1H3/b15-9+. The van der Waals surface area contributed by atoms with Gasteiger partial charge in [-0.25, -0.2) is 4.83 Å². The van der Waals surface area contributed by atoms with Crippen molar-refractivity contribution in [2.45, 2.75) is 4.90 Å². The number of hydrogen-bond donors (Lipinski definition) is 2. The smallest absolute Gasteiger partial charge is 0.315 e. The summed E-state index contributed by atoms with van der Waals surface area (Å²) in [4.78, 5) is 12.1. The van der Waals surface area contributed by atoms with Crippen molar-refractivity contribution in [3.8, 4) is 11.5 Å². The summed E-state index contributed by atoms with van der Waals surface area (Å²) >= 11 is 0. The minimum atomic E-state index is -3.84. The van der Waals surface area contributed by atoms with E-state index in [1.807, 2.05) is 4.83 Å². The first-order valence-corrected chi connectivity index (χ1v) is 7.99. The maximum absolute atomic E-state index is 12.0. The van der Waals surface area contributed by atoms with Crippen LogP contribution in [0.4, 0.5) is 5.69 Å². The number of phenolic OH excluding ortho intramolecular Hbond substituents is 1. The molecule has 0 aromatic heterocycles. The molecule has 2 aromatic carbocycles. The quantitative estimate of drug-likeness (QED) is 0.462. The van der Waals surface area contributed by atoms with E-state index in [-0.39, 0.29) is 16.2 Å². The van der Waals surface area contributed by atoms with Crippen molar-refractivity contribution in [2.24, 2.45) is 5.10 Å². The Kier molecular flexibility index (Phi) is 4.99. The fraction of sp³-hybridized carbons (Fsp3) is 0.0714. The van der Waals surface area contributed by atoms with Crippen LogP contribution in [0.5, 0.6) is 11.5 Å². The molecule has 2 aromatic rings. The number of phenols is 1. The summed E-state index contributed by atoms with van der Waals surface area (Å²) < 4.78 is 28.8. The maximum atomic E-state index is 12.0. The highest BCUT2D eigenvalue weighted by molar-refractivity contribution is 7.89. The monoisotopic (exact) mass is 351 g/mol. The summed E-state index contributed by atoms with van der Waals surface area (Å²) in [5.74, 6) is -0.749. The Morgan fingerprint density at radius 2 is 1.96 bits per heavy atom. The summed E-state index contributed by atoms with van der Waals surface area (Å²) in [5, 5.41) is 24.1. The Bertz CT molecular complexity index is 881. The molecule has 0 amide bonds. The van der Waals surface area contributed by atoms with Crippen LogP contribution in [0.2, 0.25) is 0 Å². The fourth-order valence-corrected chi connectivity index (χ4v) is 2.62. The third kappa shape index (κ3) is 3.79. The molecule has 2 rings (SSSR count). The van der Waals surface area contributed by atoms with Gasteiger partial charge in [0.2, 0.25) is 5.75 Å². The van der Waals surface area contributed by atoms with Gasteiger partial charge in [0, 0.05) is 11.6 Å². The molecule has 0 aliphatic rings. The van der Waals surface area contributed by atoms with Crippen molar-refractivity contribution in [1.82, 2.24) is 4.83 Å². The van der Waals surface area contributed by atoms with Gasteiger partial charge in [-0.05, 0) is 18.2 Å². The second-order valence-electron chi connectivity index (χ2n) is 4.51. The van der Waals surface area contributed by atoms with Gasteiger partial charge in [-0.2, -0.15) is 13.5 Å². The number of nitro benzene ring substituents is 1. The average molecular weight is 351 g/mol. The first-order valence-electron chi connectivity index (χ1n) is 6.50. The van der Waals surface area contributed by atoms with Gasteiger partial charge in [0.25, 0.3) is 10.0 Å². The second-order valence-corrected chi connectivity index (χ2v) is 6.17. The van der Waals surface area contributed by atoms with Crippen LogP contribution < -0.4 is 9.57 Å². The third-order valence-corrected chi connectivity index (χ3v) is 4.17. The number of sulfonamides is 1. The Morgan fingerprint density at radius 1 is 1.29 bits per heavy atom. The lowest BCUT2D eigenvalue weighted by Gasteiger charge is -2.05. The number of aromatic hydroxyl groups is 1. The summed E-state index contributed by atoms with van der Waals surface area (Å²) in [6.45, 7) is 0. The molecular formula is C14H13N3O6S. The number of nitrogens with one attached hydrogen (secondary N) is 1. The number of hydrogen-bond acceptors (Lipinski definition) is 7. The molecule has 9 nitrogen and oxygen atoms in total. The summed E-state index contributed by atoms with van der Waals surface area (Å²) in [6, 6.07) is 9.91. The van der Waals surface area contributed by atoms with Gasteiger partial charge in [0.15, 0.2) is 5.75 Å². The molecule has 0 atom stereocenters. The van der Waals surface area contributed by atoms with Crippen LogP contribution in [0.15, 0.2) is 52.5 Å². The number of nitrogens with zero attached hydrogens (tertiary/aromatic N) is 2. The molecule has 0 bridgehead atoms. The lowest BCUT2D eigenvalue weighted by Crippen LogP contribution is -2.18. The van der Waals surface area contributed by atoms with Crippen molar-refractivity contribution >= 4 is 21.9 Å². The molecule has 126 valence electrons. The first-order chi connectivity index (χ1) is 11.3. The van der Waals surface area contributed by atoms with Gasteiger partial charge < -0.3 is 9.84 Å². The lowest BCUT2D eigenvalue weighted by molar-refractivity contribution is -0.386. The highest BCUT2D eigenvalue weighted by Gasteiger charge is 2.19. The summed E-state index contributed by atoms with van der Waals surface area (Å²) in [6.07, 6.45) is 1.06. The minimum Gasteiger partial charge on any atom is -0.500 e. The molecule has 0 spiro atoms. The molecular weight excluding hydrogens is 338 g/mol. The third-order valence-electron chi connectivity index (χ3n) is 2.93. The van der Waals surface area contributed by atoms with Crippen molar-refractivity contribution in [3.05, 3.63) is 58.1 Å². The zero-order valence-electron chi connectivity index (χ0n) is 12.4. The van der Waals surface area contributed by atoms with E-state index in [1.165, 1.54) is 25.3 Å². The zero-order valence-corrected chi connectivity index (χ0v) is 13.2. The van der Waals surface area contributed by atoms with Crippen LogP contribution in [0, 0.1) is 10.1 Å². The van der Waals surface area contributed by atoms with E-state index in [2.05, 4.69) is 5.10 Å². The molecule has 0 saturated carbocycles. The summed E-state index contributed by atoms with van der Waals surface area (Å²) in [7, 11) is -2.61. The highest BCUT2D eigenvalue weighted by Crippen LogP contribution is 2.36. The Balaban J connectivity index is 2.26. The molecule has 0 heterocycles. The Hall–Kier alpha value is -3.14. The predicted molar refractivity (Wildman–Crippen MR) is 85.7 cm³/mol. The SMILES string of the molecule is COc1cc(/C=N/NS(=O)(=O)c2ccccc2)cc([N+](=O)[O-])c1O. The molecule has 10 heteroatoms. The largest absolute Gasteiger partial charge is 0.500 e. The van der Waals surface area contributed by atoms with E-state index in [9.17, 15) is 23.6 Å². The number of nitro groups is 1. The fourth-order valence-electron chi connectivity index (χ4n) is 1.81. The van der Waals surface area contributed by atoms with Crippen LogP contribution in [0.1, 0.15) is 5.56 Å². The van der Waals surface area contributed by atoms with Crippen molar-refractivity contribution in [1.29, 1.82) is 0 Å². The molecule has 0 fully saturated rings. The second kappa shape index (κ2) is 6.96. The van der Waals surface area contributed by atoms with Crippen molar-refractivity contribution in [2.75, 3.05) is 7.11 Å². The molecule has 0 saturated heterocycles. The van der Waals surface area contributed by atoms with E-state index in [0.29, 0.717) is 0 Å². The summed E-state index contributed by atoms with van der Waals surface area (Å²) in [5.41, 5.74) is -0.408. The van der Waals surface area contributed by atoms with Crippen LogP contribution in [0.25, 0.3) is 0 Å². The van der Waals surface area contributed by atoms with Gasteiger partial charge in [-0.3, -0.25) is 10.1 Å². The molecule has 0 aliphatic heterocycles. The maximum Gasteiger partial charge on any atom is 0.315 e. The van der Waals surface area contributed by atoms with Crippen LogP contribution >= 0.6 is 0 Å².